The smallest absolute Gasteiger partial charge is 0.336 e. The van der Waals surface area contributed by atoms with Crippen molar-refractivity contribution in [2.75, 3.05) is 0 Å². The second kappa shape index (κ2) is 17.2. The highest BCUT2D eigenvalue weighted by atomic mass is 16.4. The Balaban J connectivity index is 1.74. The van der Waals surface area contributed by atoms with Crippen LogP contribution < -0.4 is 0 Å². The molecule has 0 radical (unpaired) electrons. The lowest BCUT2D eigenvalue weighted by Crippen LogP contribution is -2.09. The number of aromatic carboxylic acids is 2. The molecule has 0 aliphatic carbocycles. The number of aryl methyl sites for hydroxylation is 4. The minimum Gasteiger partial charge on any atom is -0.493 e. The van der Waals surface area contributed by atoms with Gasteiger partial charge in [-0.15, -0.1) is 0 Å². The van der Waals surface area contributed by atoms with Crippen LogP contribution in [0.2, 0.25) is 0 Å². The van der Waals surface area contributed by atoms with Crippen LogP contribution in [0.4, 0.5) is 11.4 Å². The van der Waals surface area contributed by atoms with E-state index in [2.05, 4.69) is 19.9 Å². The predicted octanol–water partition coefficient (Wildman–Crippen LogP) is 14.0. The first-order valence-electron chi connectivity index (χ1n) is 20.6. The molecule has 8 nitrogen and oxygen atoms in total. The number of carbonyl (C=O) groups is 2. The normalized spacial score (nSPS) is 12.7. The number of nitrogens with zero attached hydrogens (tertiary/aromatic N) is 2. The van der Waals surface area contributed by atoms with Crippen molar-refractivity contribution in [2.45, 2.75) is 80.1 Å². The minimum absolute atomic E-state index is 0.104. The molecule has 0 aliphatic rings. The van der Waals surface area contributed by atoms with Gasteiger partial charge in [-0.05, 0) is 155 Å². The monoisotopic (exact) mass is 798 g/mol. The molecule has 0 amide bonds. The van der Waals surface area contributed by atoms with Crippen LogP contribution in [-0.4, -0.2) is 44.2 Å². The van der Waals surface area contributed by atoms with E-state index in [9.17, 15) is 30.0 Å². The predicted molar refractivity (Wildman–Crippen MR) is 248 cm³/mol. The highest BCUT2D eigenvalue weighted by Gasteiger charge is 2.28. The number of aliphatic hydroxyl groups excluding tert-OH is 2. The molecule has 0 unspecified atom stereocenters. The molecule has 8 heteroatoms. The van der Waals surface area contributed by atoms with Gasteiger partial charge in [0.25, 0.3) is 0 Å². The number of benzene rings is 7. The van der Waals surface area contributed by atoms with Crippen LogP contribution >= 0.6 is 0 Å². The Kier molecular flexibility index (Phi) is 11.9. The van der Waals surface area contributed by atoms with Crippen molar-refractivity contribution in [1.29, 1.82) is 0 Å². The number of carboxylic acid groups (broad SMARTS) is 2. The molecule has 0 fully saturated rings. The van der Waals surface area contributed by atoms with Crippen molar-refractivity contribution in [3.05, 3.63) is 141 Å². The van der Waals surface area contributed by atoms with Crippen LogP contribution in [0.25, 0.3) is 55.2 Å². The van der Waals surface area contributed by atoms with E-state index in [0.29, 0.717) is 60.4 Å². The third-order valence-corrected chi connectivity index (χ3v) is 11.0. The van der Waals surface area contributed by atoms with Gasteiger partial charge in [-0.1, -0.05) is 88.1 Å². The van der Waals surface area contributed by atoms with Crippen molar-refractivity contribution < 1.29 is 30.0 Å². The number of aliphatic imine (C=N–C) groups is 2. The van der Waals surface area contributed by atoms with Gasteiger partial charge in [0, 0.05) is 21.9 Å². The Morgan fingerprint density at radius 2 is 0.883 bits per heavy atom. The molecule has 7 aromatic carbocycles. The maximum Gasteiger partial charge on any atom is 0.336 e. The zero-order valence-electron chi connectivity index (χ0n) is 35.0. The lowest BCUT2D eigenvalue weighted by atomic mass is 9.81. The second-order valence-electron chi connectivity index (χ2n) is 15.9. The zero-order chi connectivity index (χ0) is 42.8. The Morgan fingerprint density at radius 1 is 0.483 bits per heavy atom. The van der Waals surface area contributed by atoms with E-state index in [0.717, 1.165) is 71.7 Å². The van der Waals surface area contributed by atoms with Crippen LogP contribution in [0, 0.1) is 27.7 Å². The van der Waals surface area contributed by atoms with Crippen molar-refractivity contribution in [2.24, 2.45) is 9.98 Å². The fourth-order valence-corrected chi connectivity index (χ4v) is 8.60. The van der Waals surface area contributed by atoms with Gasteiger partial charge in [-0.2, -0.15) is 0 Å². The standard InChI is InChI=1S/C52H50N2O6/c1-7-9-11-13-15-33-27-41(50(56)54-36-25-31(5)22-32(6)26-36)45-39(49(55)53-35-23-29(3)21-30(4)24-35)19-17-37-44-34(16-14-12-10-8-2)28-42(52(59)60)46-40(51(57)58)20-18-38(48(44)46)43(33)47(37)45/h13-28H,7-12H2,1-6H3,(H,53,55)(H,54,56)(H,57,58)(H,59,60). The first-order valence-corrected chi connectivity index (χ1v) is 20.6. The van der Waals surface area contributed by atoms with Crippen molar-refractivity contribution >= 4 is 90.4 Å². The van der Waals surface area contributed by atoms with Gasteiger partial charge >= 0.3 is 11.9 Å². The van der Waals surface area contributed by atoms with E-state index in [4.69, 9.17) is 9.98 Å². The molecule has 4 N–H and O–H groups in total. The van der Waals surface area contributed by atoms with Crippen molar-refractivity contribution in [3.8, 4) is 0 Å². The average molecular weight is 799 g/mol. The summed E-state index contributed by atoms with van der Waals surface area (Å²) in [4.78, 5) is 35.4. The number of aliphatic hydroxyl groups is 2. The highest BCUT2D eigenvalue weighted by Crippen LogP contribution is 2.47. The molecular weight excluding hydrogens is 749 g/mol. The summed E-state index contributed by atoms with van der Waals surface area (Å²) in [5, 5.41) is 50.1. The summed E-state index contributed by atoms with van der Waals surface area (Å²) in [6.45, 7) is 12.1. The summed E-state index contributed by atoms with van der Waals surface area (Å²) in [5.74, 6) is -2.99. The Morgan fingerprint density at radius 3 is 1.32 bits per heavy atom. The summed E-state index contributed by atoms with van der Waals surface area (Å²) in [7, 11) is 0. The first kappa shape index (κ1) is 41.4. The Labute approximate surface area is 349 Å². The molecule has 7 rings (SSSR count). The van der Waals surface area contributed by atoms with Crippen molar-refractivity contribution in [1.82, 2.24) is 0 Å². The van der Waals surface area contributed by atoms with E-state index in [1.807, 2.05) is 94.5 Å². The number of hydrogen-bond acceptors (Lipinski definition) is 4. The van der Waals surface area contributed by atoms with Gasteiger partial charge in [0.05, 0.1) is 22.5 Å². The molecule has 7 aromatic rings. The first-order chi connectivity index (χ1) is 28.8. The van der Waals surface area contributed by atoms with Gasteiger partial charge in [-0.3, -0.25) is 0 Å². The largest absolute Gasteiger partial charge is 0.493 e. The van der Waals surface area contributed by atoms with Gasteiger partial charge in [0.15, 0.2) is 0 Å². The molecule has 0 heterocycles. The van der Waals surface area contributed by atoms with Crippen LogP contribution in [-0.2, 0) is 0 Å². The molecule has 60 heavy (non-hydrogen) atoms. The van der Waals surface area contributed by atoms with Gasteiger partial charge < -0.3 is 20.4 Å². The number of fused-ring (bicyclic) bond motifs is 2. The van der Waals surface area contributed by atoms with E-state index in [1.165, 1.54) is 6.07 Å². The number of carboxylic acids is 2. The van der Waals surface area contributed by atoms with E-state index < -0.39 is 11.9 Å². The minimum atomic E-state index is -1.23. The Hall–Kier alpha value is -6.80. The van der Waals surface area contributed by atoms with E-state index in [-0.39, 0.29) is 28.3 Å². The average Bonchev–Trinajstić information content (AvgIpc) is 3.18. The third-order valence-electron chi connectivity index (χ3n) is 11.0. The molecule has 0 spiro atoms. The molecule has 0 atom stereocenters. The quantitative estimate of drug-likeness (QED) is 0.0284. The highest BCUT2D eigenvalue weighted by molar-refractivity contribution is 6.40. The molecule has 0 bridgehead atoms. The zero-order valence-corrected chi connectivity index (χ0v) is 35.0. The maximum atomic E-state index is 13.1. The summed E-state index contributed by atoms with van der Waals surface area (Å²) < 4.78 is 0. The maximum absolute atomic E-state index is 13.1. The fourth-order valence-electron chi connectivity index (χ4n) is 8.60. The molecule has 0 saturated heterocycles. The summed E-state index contributed by atoms with van der Waals surface area (Å²) in [5.41, 5.74) is 6.93. The fraction of sp³-hybridized carbons (Fsp3) is 0.231. The van der Waals surface area contributed by atoms with Crippen LogP contribution in [0.15, 0.2) is 94.9 Å². The van der Waals surface area contributed by atoms with Crippen molar-refractivity contribution in [3.63, 3.8) is 0 Å². The number of hydrogen-bond donors (Lipinski definition) is 4. The van der Waals surface area contributed by atoms with E-state index in [1.54, 1.807) is 18.2 Å². The van der Waals surface area contributed by atoms with Crippen LogP contribution in [0.3, 0.4) is 0 Å². The van der Waals surface area contributed by atoms with Crippen LogP contribution in [0.5, 0.6) is 0 Å². The Bertz CT molecular complexity index is 2930. The molecule has 0 aromatic heterocycles. The van der Waals surface area contributed by atoms with Gasteiger partial charge in [0.2, 0.25) is 11.8 Å². The van der Waals surface area contributed by atoms with Gasteiger partial charge in [0.1, 0.15) is 0 Å². The molecule has 0 saturated carbocycles. The van der Waals surface area contributed by atoms with Gasteiger partial charge in [-0.25, -0.2) is 19.6 Å². The number of unbranched alkanes of at least 4 members (excludes halogenated alkanes) is 4. The SMILES string of the molecule is CCCCC=Cc1cc(C(=O)O)c2c(C(=O)O)ccc3c4c(C=CCCCC)cc(C(O)=Nc5cc(C)cc(C)c5)c5c(C(O)=Nc6cc(C)cc(C)c6)ccc(c1c23)c54. The van der Waals surface area contributed by atoms with E-state index >= 15 is 0 Å². The lowest BCUT2D eigenvalue weighted by molar-refractivity contribution is 0.0695. The summed E-state index contributed by atoms with van der Waals surface area (Å²) in [6, 6.07) is 21.9. The van der Waals surface area contributed by atoms with Crippen LogP contribution in [0.1, 0.15) is 118 Å². The molecule has 0 aliphatic heterocycles. The lowest BCUT2D eigenvalue weighted by Gasteiger charge is -2.22. The number of rotatable bonds is 14. The second-order valence-corrected chi connectivity index (χ2v) is 15.9. The summed E-state index contributed by atoms with van der Waals surface area (Å²) >= 11 is 0. The topological polar surface area (TPSA) is 140 Å². The summed E-state index contributed by atoms with van der Waals surface area (Å²) in [6.07, 6.45) is 13.5. The number of allylic oxidation sites excluding steroid dienone is 2. The third kappa shape index (κ3) is 7.97. The molecular formula is C52H50N2O6. The molecule has 304 valence electrons.